The number of rotatable bonds is 4. The van der Waals surface area contributed by atoms with Crippen molar-refractivity contribution in [1.82, 2.24) is 19.7 Å². The fourth-order valence-corrected chi connectivity index (χ4v) is 2.65. The molecule has 23 heavy (non-hydrogen) atoms. The van der Waals surface area contributed by atoms with Crippen LogP contribution >= 0.6 is 0 Å². The Labute approximate surface area is 135 Å². The highest BCUT2D eigenvalue weighted by molar-refractivity contribution is 6.02. The number of anilines is 1. The molecule has 0 unspecified atom stereocenters. The van der Waals surface area contributed by atoms with Crippen molar-refractivity contribution in [3.05, 3.63) is 36.0 Å². The summed E-state index contributed by atoms with van der Waals surface area (Å²) in [6, 6.07) is 2.03. The average Bonchev–Trinajstić information content (AvgIpc) is 3.06. The molecule has 0 bridgehead atoms. The minimum atomic E-state index is -0.266. The van der Waals surface area contributed by atoms with Gasteiger partial charge in [-0.15, -0.1) is 0 Å². The average molecular weight is 315 g/mol. The zero-order valence-electron chi connectivity index (χ0n) is 13.4. The normalized spacial score (nSPS) is 15.8. The van der Waals surface area contributed by atoms with Gasteiger partial charge < -0.3 is 10.1 Å². The Morgan fingerprint density at radius 2 is 2.04 bits per heavy atom. The third-order valence-corrected chi connectivity index (χ3v) is 3.91. The van der Waals surface area contributed by atoms with Crippen LogP contribution in [0.3, 0.4) is 0 Å². The van der Waals surface area contributed by atoms with Crippen molar-refractivity contribution >= 4 is 11.7 Å². The van der Waals surface area contributed by atoms with E-state index in [2.05, 4.69) is 20.4 Å². The Morgan fingerprint density at radius 1 is 1.30 bits per heavy atom. The van der Waals surface area contributed by atoms with Gasteiger partial charge in [0.2, 0.25) is 0 Å². The second-order valence-electron chi connectivity index (χ2n) is 5.92. The van der Waals surface area contributed by atoms with Gasteiger partial charge in [-0.1, -0.05) is 13.8 Å². The van der Waals surface area contributed by atoms with Crippen molar-refractivity contribution < 1.29 is 9.53 Å². The minimum absolute atomic E-state index is 0.179. The first-order valence-electron chi connectivity index (χ1n) is 7.90. The molecule has 3 heterocycles. The van der Waals surface area contributed by atoms with Gasteiger partial charge in [0.15, 0.2) is 11.5 Å². The van der Waals surface area contributed by atoms with Gasteiger partial charge in [-0.25, -0.2) is 4.98 Å². The summed E-state index contributed by atoms with van der Waals surface area (Å²) in [5, 5.41) is 7.22. The van der Waals surface area contributed by atoms with Crippen LogP contribution in [0.5, 0.6) is 0 Å². The van der Waals surface area contributed by atoms with E-state index in [1.165, 1.54) is 0 Å². The Balaban J connectivity index is 1.73. The van der Waals surface area contributed by atoms with Gasteiger partial charge in [-0.2, -0.15) is 5.10 Å². The van der Waals surface area contributed by atoms with Gasteiger partial charge in [0.1, 0.15) is 0 Å². The molecule has 1 fully saturated rings. The lowest BCUT2D eigenvalue weighted by atomic mass is 10.1. The smallest absolute Gasteiger partial charge is 0.277 e. The summed E-state index contributed by atoms with van der Waals surface area (Å²) in [5.74, 6) is 0.408. The van der Waals surface area contributed by atoms with E-state index >= 15 is 0 Å². The quantitative estimate of drug-likeness (QED) is 0.937. The highest BCUT2D eigenvalue weighted by Crippen LogP contribution is 2.21. The highest BCUT2D eigenvalue weighted by Gasteiger charge is 2.19. The van der Waals surface area contributed by atoms with Crippen LogP contribution in [0.2, 0.25) is 0 Å². The van der Waals surface area contributed by atoms with E-state index in [-0.39, 0.29) is 11.8 Å². The summed E-state index contributed by atoms with van der Waals surface area (Å²) in [4.78, 5) is 20.9. The molecule has 3 rings (SSSR count). The van der Waals surface area contributed by atoms with Gasteiger partial charge in [0.05, 0.1) is 11.7 Å². The molecule has 0 atom stereocenters. The van der Waals surface area contributed by atoms with Gasteiger partial charge in [0.25, 0.3) is 5.91 Å². The molecule has 2 aromatic rings. The maximum absolute atomic E-state index is 12.4. The number of hydrogen-bond acceptors (Lipinski definition) is 5. The topological polar surface area (TPSA) is 81.9 Å². The molecule has 7 nitrogen and oxygen atoms in total. The lowest BCUT2D eigenvalue weighted by Crippen LogP contribution is -2.21. The van der Waals surface area contributed by atoms with Crippen LogP contribution in [0.4, 0.5) is 5.82 Å². The maximum Gasteiger partial charge on any atom is 0.277 e. The molecule has 0 aromatic carbocycles. The van der Waals surface area contributed by atoms with E-state index in [1.807, 2.05) is 24.7 Å². The van der Waals surface area contributed by atoms with E-state index in [0.29, 0.717) is 17.6 Å². The van der Waals surface area contributed by atoms with E-state index in [0.717, 1.165) is 31.7 Å². The predicted molar refractivity (Wildman–Crippen MR) is 85.4 cm³/mol. The Bertz CT molecular complexity index is 677. The van der Waals surface area contributed by atoms with E-state index < -0.39 is 0 Å². The number of nitrogens with zero attached hydrogens (tertiary/aromatic N) is 4. The van der Waals surface area contributed by atoms with Crippen LogP contribution in [0, 0.1) is 0 Å². The molecule has 1 aliphatic rings. The first-order chi connectivity index (χ1) is 11.1. The third-order valence-electron chi connectivity index (χ3n) is 3.91. The molecule has 1 amide bonds. The number of nitrogens with one attached hydrogen (secondary N) is 1. The van der Waals surface area contributed by atoms with E-state index in [1.54, 1.807) is 18.5 Å². The predicted octanol–water partition coefficient (Wildman–Crippen LogP) is 2.40. The SMILES string of the molecule is CC(C)c1nccnc1NC(=O)c1ccn(C2CCOCC2)n1. The summed E-state index contributed by atoms with van der Waals surface area (Å²) in [5.41, 5.74) is 1.15. The largest absolute Gasteiger partial charge is 0.381 e. The van der Waals surface area contributed by atoms with Crippen molar-refractivity contribution in [3.63, 3.8) is 0 Å². The minimum Gasteiger partial charge on any atom is -0.381 e. The molecule has 0 spiro atoms. The highest BCUT2D eigenvalue weighted by atomic mass is 16.5. The summed E-state index contributed by atoms with van der Waals surface area (Å²) >= 11 is 0. The molecular weight excluding hydrogens is 294 g/mol. The maximum atomic E-state index is 12.4. The van der Waals surface area contributed by atoms with Crippen molar-refractivity contribution in [3.8, 4) is 0 Å². The zero-order valence-corrected chi connectivity index (χ0v) is 13.4. The Kier molecular flexibility index (Phi) is 4.66. The number of carbonyl (C=O) groups is 1. The number of carbonyl (C=O) groups excluding carboxylic acids is 1. The lowest BCUT2D eigenvalue weighted by molar-refractivity contribution is 0.0661. The zero-order chi connectivity index (χ0) is 16.2. The van der Waals surface area contributed by atoms with Crippen LogP contribution in [0.25, 0.3) is 0 Å². The second kappa shape index (κ2) is 6.87. The van der Waals surface area contributed by atoms with Crippen molar-refractivity contribution in [2.45, 2.75) is 38.6 Å². The summed E-state index contributed by atoms with van der Waals surface area (Å²) in [6.45, 7) is 5.51. The van der Waals surface area contributed by atoms with Crippen molar-refractivity contribution in [2.24, 2.45) is 0 Å². The molecule has 0 saturated carbocycles. The number of ether oxygens (including phenoxy) is 1. The summed E-state index contributed by atoms with van der Waals surface area (Å²) < 4.78 is 7.21. The molecule has 2 aromatic heterocycles. The van der Waals surface area contributed by atoms with Crippen LogP contribution in [0.1, 0.15) is 54.8 Å². The first-order valence-corrected chi connectivity index (χ1v) is 7.90. The lowest BCUT2D eigenvalue weighted by Gasteiger charge is -2.22. The van der Waals surface area contributed by atoms with E-state index in [9.17, 15) is 4.79 Å². The number of amides is 1. The molecule has 0 radical (unpaired) electrons. The summed E-state index contributed by atoms with van der Waals surface area (Å²) in [6.07, 6.45) is 6.90. The van der Waals surface area contributed by atoms with Gasteiger partial charge in [-0.3, -0.25) is 14.5 Å². The van der Waals surface area contributed by atoms with Crippen LogP contribution in [-0.4, -0.2) is 38.9 Å². The van der Waals surface area contributed by atoms with Gasteiger partial charge >= 0.3 is 0 Å². The second-order valence-corrected chi connectivity index (χ2v) is 5.92. The monoisotopic (exact) mass is 315 g/mol. The molecule has 122 valence electrons. The fraction of sp³-hybridized carbons (Fsp3) is 0.500. The van der Waals surface area contributed by atoms with Crippen molar-refractivity contribution in [1.29, 1.82) is 0 Å². The van der Waals surface area contributed by atoms with Crippen LogP contribution < -0.4 is 5.32 Å². The van der Waals surface area contributed by atoms with Gasteiger partial charge in [-0.05, 0) is 24.8 Å². The van der Waals surface area contributed by atoms with Crippen LogP contribution in [0.15, 0.2) is 24.7 Å². The number of hydrogen-bond donors (Lipinski definition) is 1. The molecule has 1 aliphatic heterocycles. The third kappa shape index (κ3) is 3.56. The summed E-state index contributed by atoms with van der Waals surface area (Å²) in [7, 11) is 0. The Morgan fingerprint density at radius 3 is 2.78 bits per heavy atom. The number of aromatic nitrogens is 4. The fourth-order valence-electron chi connectivity index (χ4n) is 2.65. The van der Waals surface area contributed by atoms with Crippen molar-refractivity contribution in [2.75, 3.05) is 18.5 Å². The standard InChI is InChI=1S/C16H21N5O2/c1-11(2)14-15(18-7-6-17-14)19-16(22)13-3-8-21(20-13)12-4-9-23-10-5-12/h3,6-8,11-12H,4-5,9-10H2,1-2H3,(H,18,19,22). The Hall–Kier alpha value is -2.28. The van der Waals surface area contributed by atoms with E-state index in [4.69, 9.17) is 4.74 Å². The van der Waals surface area contributed by atoms with Gasteiger partial charge in [0, 0.05) is 31.8 Å². The molecule has 1 saturated heterocycles. The molecule has 7 heteroatoms. The molecule has 1 N–H and O–H groups in total. The molecule has 0 aliphatic carbocycles. The molecular formula is C16H21N5O2. The first kappa shape index (κ1) is 15.6. The van der Waals surface area contributed by atoms with Crippen LogP contribution in [-0.2, 0) is 4.74 Å².